The van der Waals surface area contributed by atoms with Gasteiger partial charge in [0.05, 0.1) is 12.6 Å². The summed E-state index contributed by atoms with van der Waals surface area (Å²) in [6.45, 7) is 3.24. The molecule has 2 aromatic rings. The maximum absolute atomic E-state index is 11.3. The van der Waals surface area contributed by atoms with Gasteiger partial charge < -0.3 is 10.1 Å². The van der Waals surface area contributed by atoms with Crippen molar-refractivity contribution in [3.05, 3.63) is 71.8 Å². The largest absolute Gasteiger partial charge is 0.466 e. The number of esters is 1. The first-order chi connectivity index (χ1) is 11.8. The van der Waals surface area contributed by atoms with Crippen molar-refractivity contribution >= 4 is 5.97 Å². The topological polar surface area (TPSA) is 38.3 Å². The Kier molecular flexibility index (Phi) is 8.05. The Bertz CT molecular complexity index is 544. The van der Waals surface area contributed by atoms with E-state index in [0.717, 1.165) is 25.8 Å². The molecular weight excluding hydrogens is 298 g/mol. The molecule has 0 saturated carbocycles. The zero-order chi connectivity index (χ0) is 17.0. The second-order valence-electron chi connectivity index (χ2n) is 5.82. The second kappa shape index (κ2) is 10.6. The fourth-order valence-electron chi connectivity index (χ4n) is 2.77. The molecule has 0 unspecified atom stereocenters. The van der Waals surface area contributed by atoms with Crippen molar-refractivity contribution < 1.29 is 9.53 Å². The maximum Gasteiger partial charge on any atom is 0.305 e. The molecule has 0 aliphatic carbocycles. The predicted octanol–water partition coefficient (Wildman–Crippen LogP) is 4.49. The first kappa shape index (κ1) is 18.2. The molecule has 3 nitrogen and oxygen atoms in total. The third-order valence-corrected chi connectivity index (χ3v) is 3.98. The minimum Gasteiger partial charge on any atom is -0.466 e. The van der Waals surface area contributed by atoms with Crippen LogP contribution in [-0.4, -0.2) is 19.1 Å². The molecule has 2 aromatic carbocycles. The highest BCUT2D eigenvalue weighted by molar-refractivity contribution is 5.69. The molecule has 128 valence electrons. The van der Waals surface area contributed by atoms with Crippen LogP contribution in [0.15, 0.2) is 60.7 Å². The average Bonchev–Trinajstić information content (AvgIpc) is 2.63. The predicted molar refractivity (Wildman–Crippen MR) is 97.8 cm³/mol. The average molecular weight is 325 g/mol. The van der Waals surface area contributed by atoms with Crippen molar-refractivity contribution in [2.75, 3.05) is 13.2 Å². The molecule has 0 aliphatic rings. The molecule has 1 N–H and O–H groups in total. The van der Waals surface area contributed by atoms with Gasteiger partial charge in [0.15, 0.2) is 0 Å². The SMILES string of the molecule is CCOC(=O)CCCCCNC(c1ccccc1)c1ccccc1. The van der Waals surface area contributed by atoms with Crippen LogP contribution in [0, 0.1) is 0 Å². The molecule has 3 heteroatoms. The van der Waals surface area contributed by atoms with E-state index >= 15 is 0 Å². The number of carbonyl (C=O) groups excluding carboxylic acids is 1. The lowest BCUT2D eigenvalue weighted by atomic mass is 9.98. The van der Waals surface area contributed by atoms with Gasteiger partial charge in [-0.3, -0.25) is 4.79 Å². The molecule has 0 aromatic heterocycles. The van der Waals surface area contributed by atoms with Crippen LogP contribution in [0.4, 0.5) is 0 Å². The van der Waals surface area contributed by atoms with Crippen LogP contribution in [0.25, 0.3) is 0 Å². The summed E-state index contributed by atoms with van der Waals surface area (Å²) in [4.78, 5) is 11.3. The van der Waals surface area contributed by atoms with Crippen molar-refractivity contribution in [1.82, 2.24) is 5.32 Å². The third kappa shape index (κ3) is 6.17. The van der Waals surface area contributed by atoms with Gasteiger partial charge in [0.25, 0.3) is 0 Å². The van der Waals surface area contributed by atoms with Gasteiger partial charge in [0.1, 0.15) is 0 Å². The minimum absolute atomic E-state index is 0.0862. The van der Waals surface area contributed by atoms with Gasteiger partial charge in [-0.05, 0) is 37.4 Å². The highest BCUT2D eigenvalue weighted by Gasteiger charge is 2.12. The van der Waals surface area contributed by atoms with E-state index in [9.17, 15) is 4.79 Å². The van der Waals surface area contributed by atoms with E-state index < -0.39 is 0 Å². The number of rotatable bonds is 10. The number of benzene rings is 2. The smallest absolute Gasteiger partial charge is 0.305 e. The summed E-state index contributed by atoms with van der Waals surface area (Å²) in [6.07, 6.45) is 3.49. The Morgan fingerprint density at radius 1 is 0.917 bits per heavy atom. The van der Waals surface area contributed by atoms with Crippen molar-refractivity contribution in [2.45, 2.75) is 38.6 Å². The van der Waals surface area contributed by atoms with Crippen LogP contribution in [0.3, 0.4) is 0 Å². The van der Waals surface area contributed by atoms with E-state index in [-0.39, 0.29) is 12.0 Å². The van der Waals surface area contributed by atoms with E-state index in [2.05, 4.69) is 53.8 Å². The molecule has 0 spiro atoms. The molecule has 2 rings (SSSR count). The molecule has 0 amide bonds. The number of nitrogens with one attached hydrogen (secondary N) is 1. The Hall–Kier alpha value is -2.13. The molecule has 24 heavy (non-hydrogen) atoms. The number of ether oxygens (including phenoxy) is 1. The molecule has 0 aliphatic heterocycles. The highest BCUT2D eigenvalue weighted by Crippen LogP contribution is 2.21. The summed E-state index contributed by atoms with van der Waals surface area (Å²) in [7, 11) is 0. The molecule has 0 saturated heterocycles. The lowest BCUT2D eigenvalue weighted by Gasteiger charge is -2.20. The van der Waals surface area contributed by atoms with Crippen molar-refractivity contribution in [2.24, 2.45) is 0 Å². The van der Waals surface area contributed by atoms with Crippen LogP contribution < -0.4 is 5.32 Å². The normalized spacial score (nSPS) is 10.8. The lowest BCUT2D eigenvalue weighted by Crippen LogP contribution is -2.23. The molecule has 0 fully saturated rings. The lowest BCUT2D eigenvalue weighted by molar-refractivity contribution is -0.143. The Morgan fingerprint density at radius 2 is 1.50 bits per heavy atom. The molecule has 0 atom stereocenters. The molecule has 0 heterocycles. The van der Waals surface area contributed by atoms with Gasteiger partial charge in [0.2, 0.25) is 0 Å². The molecular formula is C21H27NO2. The van der Waals surface area contributed by atoms with Crippen LogP contribution >= 0.6 is 0 Å². The second-order valence-corrected chi connectivity index (χ2v) is 5.82. The zero-order valence-electron chi connectivity index (χ0n) is 14.4. The van der Waals surface area contributed by atoms with E-state index in [1.54, 1.807) is 0 Å². The van der Waals surface area contributed by atoms with Gasteiger partial charge in [-0.25, -0.2) is 0 Å². The van der Waals surface area contributed by atoms with Gasteiger partial charge in [-0.2, -0.15) is 0 Å². The molecule has 0 bridgehead atoms. The number of hydrogen-bond acceptors (Lipinski definition) is 3. The van der Waals surface area contributed by atoms with E-state index in [4.69, 9.17) is 4.74 Å². The highest BCUT2D eigenvalue weighted by atomic mass is 16.5. The number of carbonyl (C=O) groups is 1. The fraction of sp³-hybridized carbons (Fsp3) is 0.381. The van der Waals surface area contributed by atoms with Crippen LogP contribution in [0.5, 0.6) is 0 Å². The van der Waals surface area contributed by atoms with Gasteiger partial charge in [-0.1, -0.05) is 67.1 Å². The number of unbranched alkanes of at least 4 members (excludes halogenated alkanes) is 2. The summed E-state index contributed by atoms with van der Waals surface area (Å²) in [5.74, 6) is -0.0862. The molecule has 0 radical (unpaired) electrons. The monoisotopic (exact) mass is 325 g/mol. The first-order valence-corrected chi connectivity index (χ1v) is 8.80. The quantitative estimate of drug-likeness (QED) is 0.517. The van der Waals surface area contributed by atoms with Crippen LogP contribution in [0.2, 0.25) is 0 Å². The van der Waals surface area contributed by atoms with Gasteiger partial charge in [0, 0.05) is 6.42 Å². The minimum atomic E-state index is -0.0862. The summed E-state index contributed by atoms with van der Waals surface area (Å²) in [5.41, 5.74) is 2.55. The number of hydrogen-bond donors (Lipinski definition) is 1. The Morgan fingerprint density at radius 3 is 2.04 bits per heavy atom. The van der Waals surface area contributed by atoms with E-state index in [1.165, 1.54) is 11.1 Å². The van der Waals surface area contributed by atoms with Crippen molar-refractivity contribution in [3.8, 4) is 0 Å². The summed E-state index contributed by atoms with van der Waals surface area (Å²) in [5, 5.41) is 3.65. The van der Waals surface area contributed by atoms with E-state index in [1.807, 2.05) is 19.1 Å². The van der Waals surface area contributed by atoms with Crippen LogP contribution in [-0.2, 0) is 9.53 Å². The fourth-order valence-corrected chi connectivity index (χ4v) is 2.77. The summed E-state index contributed by atoms with van der Waals surface area (Å²) in [6, 6.07) is 21.2. The third-order valence-electron chi connectivity index (χ3n) is 3.98. The van der Waals surface area contributed by atoms with Gasteiger partial charge >= 0.3 is 5.97 Å². The van der Waals surface area contributed by atoms with Crippen molar-refractivity contribution in [3.63, 3.8) is 0 Å². The van der Waals surface area contributed by atoms with E-state index in [0.29, 0.717) is 13.0 Å². The van der Waals surface area contributed by atoms with Crippen molar-refractivity contribution in [1.29, 1.82) is 0 Å². The maximum atomic E-state index is 11.3. The Balaban J connectivity index is 1.81. The van der Waals surface area contributed by atoms with Crippen LogP contribution in [0.1, 0.15) is 49.8 Å². The summed E-state index contributed by atoms with van der Waals surface area (Å²) >= 11 is 0. The zero-order valence-corrected chi connectivity index (χ0v) is 14.4. The first-order valence-electron chi connectivity index (χ1n) is 8.80. The van der Waals surface area contributed by atoms with Gasteiger partial charge in [-0.15, -0.1) is 0 Å². The Labute approximate surface area is 145 Å². The summed E-state index contributed by atoms with van der Waals surface area (Å²) < 4.78 is 4.95. The standard InChI is InChI=1S/C21H27NO2/c1-2-24-20(23)16-10-5-11-17-22-21(18-12-6-3-7-13-18)19-14-8-4-9-15-19/h3-4,6-9,12-15,21-22H,2,5,10-11,16-17H2,1H3.